The molecule has 0 fully saturated rings. The highest BCUT2D eigenvalue weighted by Gasteiger charge is 2.11. The van der Waals surface area contributed by atoms with Crippen molar-refractivity contribution in [3.05, 3.63) is 51.1 Å². The van der Waals surface area contributed by atoms with Gasteiger partial charge in [-0.3, -0.25) is 4.79 Å². The summed E-state index contributed by atoms with van der Waals surface area (Å²) in [6.07, 6.45) is 1.46. The first-order chi connectivity index (χ1) is 11.9. The number of nitrogens with one attached hydrogen (secondary N) is 1. The standard InChI is InChI=1S/C18H19IN2O4/c1-11(2)25-17-13(5-4-6-16(17)24-3)10-20-21-18(23)12-7-8-14(19)15(22)9-12/h4-11,22H,1-3H3,(H,21,23)/b20-10-. The van der Waals surface area contributed by atoms with Crippen LogP contribution in [-0.4, -0.2) is 30.4 Å². The van der Waals surface area contributed by atoms with Crippen molar-refractivity contribution in [1.29, 1.82) is 0 Å². The highest BCUT2D eigenvalue weighted by Crippen LogP contribution is 2.30. The van der Waals surface area contributed by atoms with Gasteiger partial charge in [-0.15, -0.1) is 0 Å². The smallest absolute Gasteiger partial charge is 0.271 e. The van der Waals surface area contributed by atoms with Crippen LogP contribution < -0.4 is 14.9 Å². The molecule has 132 valence electrons. The third kappa shape index (κ3) is 5.09. The molecule has 2 rings (SSSR count). The van der Waals surface area contributed by atoms with Gasteiger partial charge in [0.1, 0.15) is 5.75 Å². The Morgan fingerprint density at radius 3 is 2.72 bits per heavy atom. The highest BCUT2D eigenvalue weighted by atomic mass is 127. The van der Waals surface area contributed by atoms with Crippen molar-refractivity contribution >= 4 is 34.7 Å². The van der Waals surface area contributed by atoms with E-state index in [4.69, 9.17) is 9.47 Å². The predicted molar refractivity (Wildman–Crippen MR) is 105 cm³/mol. The second-order valence-electron chi connectivity index (χ2n) is 5.41. The van der Waals surface area contributed by atoms with E-state index in [1.165, 1.54) is 12.3 Å². The third-order valence-electron chi connectivity index (χ3n) is 3.16. The van der Waals surface area contributed by atoms with Gasteiger partial charge in [0.2, 0.25) is 0 Å². The van der Waals surface area contributed by atoms with Crippen molar-refractivity contribution < 1.29 is 19.4 Å². The molecule has 1 amide bonds. The molecule has 0 saturated heterocycles. The summed E-state index contributed by atoms with van der Waals surface area (Å²) in [4.78, 5) is 12.1. The summed E-state index contributed by atoms with van der Waals surface area (Å²) in [5.74, 6) is 0.784. The average Bonchev–Trinajstić information content (AvgIpc) is 2.58. The summed E-state index contributed by atoms with van der Waals surface area (Å²) in [7, 11) is 1.56. The van der Waals surface area contributed by atoms with Gasteiger partial charge in [-0.05, 0) is 66.8 Å². The molecule has 0 bridgehead atoms. The molecule has 6 nitrogen and oxygen atoms in total. The lowest BCUT2D eigenvalue weighted by molar-refractivity contribution is 0.0954. The van der Waals surface area contributed by atoms with Gasteiger partial charge in [-0.25, -0.2) is 5.43 Å². The quantitative estimate of drug-likeness (QED) is 0.398. The number of carbonyl (C=O) groups is 1. The lowest BCUT2D eigenvalue weighted by Gasteiger charge is -2.15. The van der Waals surface area contributed by atoms with Crippen LogP contribution in [0.3, 0.4) is 0 Å². The third-order valence-corrected chi connectivity index (χ3v) is 4.07. The van der Waals surface area contributed by atoms with Crippen LogP contribution in [0.25, 0.3) is 0 Å². The fourth-order valence-electron chi connectivity index (χ4n) is 2.04. The minimum atomic E-state index is -0.419. The summed E-state index contributed by atoms with van der Waals surface area (Å²) >= 11 is 1.98. The van der Waals surface area contributed by atoms with E-state index >= 15 is 0 Å². The van der Waals surface area contributed by atoms with Gasteiger partial charge in [0, 0.05) is 11.1 Å². The Bertz CT molecular complexity index is 791. The number of benzene rings is 2. The number of hydrogen-bond donors (Lipinski definition) is 2. The van der Waals surface area contributed by atoms with E-state index in [9.17, 15) is 9.90 Å². The number of phenols is 1. The lowest BCUT2D eigenvalue weighted by Crippen LogP contribution is -2.17. The van der Waals surface area contributed by atoms with Gasteiger partial charge < -0.3 is 14.6 Å². The molecule has 2 aromatic carbocycles. The average molecular weight is 454 g/mol. The Hall–Kier alpha value is -2.29. The Balaban J connectivity index is 2.16. The molecule has 0 heterocycles. The second-order valence-corrected chi connectivity index (χ2v) is 6.57. The minimum absolute atomic E-state index is 0.0344. The monoisotopic (exact) mass is 454 g/mol. The fourth-order valence-corrected chi connectivity index (χ4v) is 2.37. The topological polar surface area (TPSA) is 80.2 Å². The molecule has 0 radical (unpaired) electrons. The summed E-state index contributed by atoms with van der Waals surface area (Å²) < 4.78 is 11.8. The van der Waals surface area contributed by atoms with Crippen LogP contribution >= 0.6 is 22.6 Å². The maximum absolute atomic E-state index is 12.1. The number of hydrogen-bond acceptors (Lipinski definition) is 5. The Morgan fingerprint density at radius 2 is 2.08 bits per heavy atom. The molecule has 0 aromatic heterocycles. The predicted octanol–water partition coefficient (Wildman–Crippen LogP) is 3.56. The molecule has 0 aliphatic rings. The van der Waals surface area contributed by atoms with Crippen molar-refractivity contribution in [3.8, 4) is 17.2 Å². The number of halogens is 1. The number of phenolic OH excluding ortho intramolecular Hbond substituents is 1. The number of para-hydroxylation sites is 1. The van der Waals surface area contributed by atoms with Gasteiger partial charge >= 0.3 is 0 Å². The Kier molecular flexibility index (Phi) is 6.63. The molecule has 25 heavy (non-hydrogen) atoms. The maximum Gasteiger partial charge on any atom is 0.271 e. The molecule has 0 saturated carbocycles. The number of aromatic hydroxyl groups is 1. The zero-order chi connectivity index (χ0) is 18.4. The highest BCUT2D eigenvalue weighted by molar-refractivity contribution is 14.1. The molecular weight excluding hydrogens is 435 g/mol. The zero-order valence-electron chi connectivity index (χ0n) is 14.1. The summed E-state index contributed by atoms with van der Waals surface area (Å²) in [6, 6.07) is 10.1. The van der Waals surface area contributed by atoms with E-state index in [-0.39, 0.29) is 11.9 Å². The van der Waals surface area contributed by atoms with E-state index in [1.54, 1.807) is 25.3 Å². The first-order valence-electron chi connectivity index (χ1n) is 7.58. The fraction of sp³-hybridized carbons (Fsp3) is 0.222. The van der Waals surface area contributed by atoms with Crippen LogP contribution in [0, 0.1) is 3.57 Å². The largest absolute Gasteiger partial charge is 0.507 e. The van der Waals surface area contributed by atoms with E-state index in [0.717, 1.165) is 0 Å². The number of hydrazone groups is 1. The zero-order valence-corrected chi connectivity index (χ0v) is 16.3. The normalized spacial score (nSPS) is 10.9. The van der Waals surface area contributed by atoms with Crippen LogP contribution in [-0.2, 0) is 0 Å². The van der Waals surface area contributed by atoms with Crippen molar-refractivity contribution in [3.63, 3.8) is 0 Å². The van der Waals surface area contributed by atoms with Crippen LogP contribution in [0.2, 0.25) is 0 Å². The Morgan fingerprint density at radius 1 is 1.32 bits per heavy atom. The van der Waals surface area contributed by atoms with Crippen molar-refractivity contribution in [2.24, 2.45) is 5.10 Å². The lowest BCUT2D eigenvalue weighted by atomic mass is 10.2. The first kappa shape index (κ1) is 19.0. The van der Waals surface area contributed by atoms with Crippen molar-refractivity contribution in [2.45, 2.75) is 20.0 Å². The molecule has 0 aliphatic heterocycles. The molecule has 7 heteroatoms. The first-order valence-corrected chi connectivity index (χ1v) is 8.65. The molecule has 0 aliphatic carbocycles. The number of amides is 1. The van der Waals surface area contributed by atoms with Crippen LogP contribution in [0.15, 0.2) is 41.5 Å². The molecule has 0 unspecified atom stereocenters. The molecule has 2 N–H and O–H groups in total. The van der Waals surface area contributed by atoms with E-state index < -0.39 is 5.91 Å². The van der Waals surface area contributed by atoms with Crippen LogP contribution in [0.4, 0.5) is 0 Å². The summed E-state index contributed by atoms with van der Waals surface area (Å²) in [5.41, 5.74) is 3.43. The van der Waals surface area contributed by atoms with Gasteiger partial charge in [0.05, 0.1) is 23.0 Å². The van der Waals surface area contributed by atoms with Gasteiger partial charge in [0.25, 0.3) is 5.91 Å². The SMILES string of the molecule is COc1cccc(/C=N\NC(=O)c2ccc(I)c(O)c2)c1OC(C)C. The number of nitrogens with zero attached hydrogens (tertiary/aromatic N) is 1. The molecule has 0 atom stereocenters. The summed E-state index contributed by atoms with van der Waals surface area (Å²) in [6.45, 7) is 3.83. The number of ether oxygens (including phenoxy) is 2. The van der Waals surface area contributed by atoms with Crippen molar-refractivity contribution in [1.82, 2.24) is 5.43 Å². The Labute approximate surface area is 160 Å². The van der Waals surface area contributed by atoms with E-state index in [2.05, 4.69) is 10.5 Å². The number of rotatable bonds is 6. The van der Waals surface area contributed by atoms with Crippen molar-refractivity contribution in [2.75, 3.05) is 7.11 Å². The molecular formula is C18H19IN2O4. The molecule has 0 spiro atoms. The maximum atomic E-state index is 12.1. The van der Waals surface area contributed by atoms with Gasteiger partial charge in [-0.1, -0.05) is 6.07 Å². The van der Waals surface area contributed by atoms with E-state index in [0.29, 0.717) is 26.2 Å². The molecule has 2 aromatic rings. The van der Waals surface area contributed by atoms with E-state index in [1.807, 2.05) is 48.6 Å². The number of methoxy groups -OCH3 is 1. The van der Waals surface area contributed by atoms with Gasteiger partial charge in [0.15, 0.2) is 11.5 Å². The minimum Gasteiger partial charge on any atom is -0.507 e. The summed E-state index contributed by atoms with van der Waals surface area (Å²) in [5, 5.41) is 13.6. The van der Waals surface area contributed by atoms with Gasteiger partial charge in [-0.2, -0.15) is 5.10 Å². The number of carbonyl (C=O) groups excluding carboxylic acids is 1. The van der Waals surface area contributed by atoms with Crippen LogP contribution in [0.1, 0.15) is 29.8 Å². The second kappa shape index (κ2) is 8.70. The van der Waals surface area contributed by atoms with Crippen LogP contribution in [0.5, 0.6) is 17.2 Å².